The Kier molecular flexibility index (Phi) is 6.31. The number of nitrogens with one attached hydrogen (secondary N) is 1. The lowest BCUT2D eigenvalue weighted by Crippen LogP contribution is -2.15. The average Bonchev–Trinajstić information content (AvgIpc) is 3.07. The molecule has 0 fully saturated rings. The lowest BCUT2D eigenvalue weighted by atomic mass is 10.1. The number of furan rings is 1. The van der Waals surface area contributed by atoms with Crippen LogP contribution in [-0.4, -0.2) is 19.0 Å². The Bertz CT molecular complexity index is 650. The highest BCUT2D eigenvalue weighted by Gasteiger charge is 2.19. The molecule has 1 heterocycles. The van der Waals surface area contributed by atoms with Crippen molar-refractivity contribution in [1.29, 1.82) is 0 Å². The van der Waals surface area contributed by atoms with E-state index in [4.69, 9.17) is 4.42 Å². The van der Waals surface area contributed by atoms with Gasteiger partial charge < -0.3 is 14.5 Å². The summed E-state index contributed by atoms with van der Waals surface area (Å²) in [7, 11) is 1.16. The summed E-state index contributed by atoms with van der Waals surface area (Å²) < 4.78 is 23.5. The summed E-state index contributed by atoms with van der Waals surface area (Å²) in [5, 5.41) is 2.42. The number of esters is 1. The number of anilines is 1. The van der Waals surface area contributed by atoms with E-state index in [9.17, 15) is 14.0 Å². The number of hydrogen-bond donors (Lipinski definition) is 1. The Labute approximate surface area is 128 Å². The van der Waals surface area contributed by atoms with Gasteiger partial charge in [0.1, 0.15) is 6.26 Å². The first-order valence-electron chi connectivity index (χ1n) is 6.75. The van der Waals surface area contributed by atoms with Crippen molar-refractivity contribution >= 4 is 17.6 Å². The summed E-state index contributed by atoms with van der Waals surface area (Å²) in [6.07, 6.45) is 2.58. The Morgan fingerprint density at radius 3 is 2.45 bits per heavy atom. The van der Waals surface area contributed by atoms with Gasteiger partial charge in [0.25, 0.3) is 5.91 Å². The summed E-state index contributed by atoms with van der Waals surface area (Å²) in [5.74, 6) is -2.15. The highest BCUT2D eigenvalue weighted by atomic mass is 19.1. The highest BCUT2D eigenvalue weighted by molar-refractivity contribution is 6.05. The molecule has 1 amide bonds. The van der Waals surface area contributed by atoms with Gasteiger partial charge in [-0.3, -0.25) is 4.79 Å². The minimum Gasteiger partial charge on any atom is -0.472 e. The van der Waals surface area contributed by atoms with Gasteiger partial charge in [-0.05, 0) is 24.6 Å². The third-order valence-electron chi connectivity index (χ3n) is 2.78. The molecule has 0 unspecified atom stereocenters. The fraction of sp³-hybridized carbons (Fsp3) is 0.250. The van der Waals surface area contributed by atoms with Crippen LogP contribution in [0.3, 0.4) is 0 Å². The third kappa shape index (κ3) is 3.72. The number of amides is 1. The number of methoxy groups -OCH3 is 1. The van der Waals surface area contributed by atoms with Crippen molar-refractivity contribution in [2.24, 2.45) is 0 Å². The molecule has 2 aromatic rings. The van der Waals surface area contributed by atoms with Crippen LogP contribution in [0.25, 0.3) is 0 Å². The van der Waals surface area contributed by atoms with Crippen LogP contribution in [0.1, 0.15) is 40.1 Å². The molecule has 0 aliphatic rings. The molecule has 6 heteroatoms. The summed E-state index contributed by atoms with van der Waals surface area (Å²) in [6.45, 7) is 5.62. The Morgan fingerprint density at radius 1 is 1.23 bits per heavy atom. The molecule has 22 heavy (non-hydrogen) atoms. The summed E-state index contributed by atoms with van der Waals surface area (Å²) in [6, 6.07) is 4.29. The molecule has 1 aromatic heterocycles. The van der Waals surface area contributed by atoms with E-state index < -0.39 is 17.7 Å². The van der Waals surface area contributed by atoms with Crippen LogP contribution >= 0.6 is 0 Å². The van der Waals surface area contributed by atoms with Crippen LogP contribution in [0.4, 0.5) is 10.1 Å². The lowest BCUT2D eigenvalue weighted by Gasteiger charge is -2.11. The van der Waals surface area contributed by atoms with Crippen LogP contribution in [0.15, 0.2) is 35.1 Å². The highest BCUT2D eigenvalue weighted by Crippen LogP contribution is 2.24. The number of ether oxygens (including phenoxy) is 1. The van der Waals surface area contributed by atoms with Gasteiger partial charge in [0.05, 0.1) is 30.2 Å². The smallest absolute Gasteiger partial charge is 0.340 e. The fourth-order valence-electron chi connectivity index (χ4n) is 1.67. The van der Waals surface area contributed by atoms with Gasteiger partial charge in [0, 0.05) is 0 Å². The van der Waals surface area contributed by atoms with Gasteiger partial charge in [-0.15, -0.1) is 0 Å². The van der Waals surface area contributed by atoms with E-state index in [-0.39, 0.29) is 16.8 Å². The van der Waals surface area contributed by atoms with Crippen LogP contribution in [0, 0.1) is 12.7 Å². The molecule has 2 rings (SSSR count). The number of hydrogen-bond acceptors (Lipinski definition) is 4. The van der Waals surface area contributed by atoms with Crippen LogP contribution < -0.4 is 5.32 Å². The SMILES string of the molecule is CC.COC(=O)c1ccc(C)c(NC(=O)c2ccoc2)c1F. The van der Waals surface area contributed by atoms with Crippen LogP contribution in [-0.2, 0) is 4.74 Å². The first-order valence-corrected chi connectivity index (χ1v) is 6.75. The molecular formula is C16H18FNO4. The van der Waals surface area contributed by atoms with Gasteiger partial charge in [0.2, 0.25) is 0 Å². The summed E-state index contributed by atoms with van der Waals surface area (Å²) in [5.41, 5.74) is 0.457. The average molecular weight is 307 g/mol. The molecule has 0 bridgehead atoms. The standard InChI is InChI=1S/C14H12FNO4.C2H6/c1-8-3-4-10(14(18)19-2)11(15)12(8)16-13(17)9-5-6-20-7-9;1-2/h3-7H,1-2H3,(H,16,17);1-2H3. The van der Waals surface area contributed by atoms with E-state index in [1.165, 1.54) is 30.7 Å². The maximum atomic E-state index is 14.2. The number of aryl methyl sites for hydroxylation is 1. The van der Waals surface area contributed by atoms with E-state index in [0.717, 1.165) is 7.11 Å². The Balaban J connectivity index is 0.00000116. The van der Waals surface area contributed by atoms with Crippen molar-refractivity contribution in [2.45, 2.75) is 20.8 Å². The molecule has 0 aliphatic heterocycles. The first-order chi connectivity index (χ1) is 10.5. The van der Waals surface area contributed by atoms with Crippen molar-refractivity contribution < 1.29 is 23.1 Å². The Morgan fingerprint density at radius 2 is 1.91 bits per heavy atom. The largest absolute Gasteiger partial charge is 0.472 e. The minimum absolute atomic E-state index is 0.0564. The van der Waals surface area contributed by atoms with Gasteiger partial charge in [-0.25, -0.2) is 9.18 Å². The minimum atomic E-state index is -0.825. The lowest BCUT2D eigenvalue weighted by molar-refractivity contribution is 0.0595. The molecule has 0 atom stereocenters. The molecule has 118 valence electrons. The monoisotopic (exact) mass is 307 g/mol. The number of benzene rings is 1. The second-order valence-corrected chi connectivity index (χ2v) is 4.08. The van der Waals surface area contributed by atoms with Gasteiger partial charge in [0.15, 0.2) is 5.82 Å². The number of carbonyl (C=O) groups is 2. The molecule has 5 nitrogen and oxygen atoms in total. The molecule has 0 saturated carbocycles. The van der Waals surface area contributed by atoms with Gasteiger partial charge >= 0.3 is 5.97 Å². The predicted molar refractivity (Wildman–Crippen MR) is 80.5 cm³/mol. The van der Waals surface area contributed by atoms with E-state index in [1.54, 1.807) is 6.92 Å². The van der Waals surface area contributed by atoms with E-state index in [1.807, 2.05) is 13.8 Å². The van der Waals surface area contributed by atoms with Crippen molar-refractivity contribution in [3.63, 3.8) is 0 Å². The maximum absolute atomic E-state index is 14.2. The van der Waals surface area contributed by atoms with E-state index >= 15 is 0 Å². The molecule has 1 aromatic carbocycles. The molecule has 0 spiro atoms. The molecule has 0 radical (unpaired) electrons. The van der Waals surface area contributed by atoms with Gasteiger partial charge in [-0.2, -0.15) is 0 Å². The zero-order valence-corrected chi connectivity index (χ0v) is 12.9. The zero-order chi connectivity index (χ0) is 16.7. The topological polar surface area (TPSA) is 68.5 Å². The first kappa shape index (κ1) is 17.4. The maximum Gasteiger partial charge on any atom is 0.340 e. The van der Waals surface area contributed by atoms with Crippen molar-refractivity contribution in [3.05, 3.63) is 53.2 Å². The van der Waals surface area contributed by atoms with Crippen molar-refractivity contribution in [2.75, 3.05) is 12.4 Å². The molecule has 0 aliphatic carbocycles. The van der Waals surface area contributed by atoms with Crippen molar-refractivity contribution in [1.82, 2.24) is 0 Å². The number of carbonyl (C=O) groups excluding carboxylic acids is 2. The van der Waals surface area contributed by atoms with Crippen LogP contribution in [0.2, 0.25) is 0 Å². The van der Waals surface area contributed by atoms with Gasteiger partial charge in [-0.1, -0.05) is 19.9 Å². The Hall–Kier alpha value is -2.63. The fourth-order valence-corrected chi connectivity index (χ4v) is 1.67. The van der Waals surface area contributed by atoms with Crippen molar-refractivity contribution in [3.8, 4) is 0 Å². The summed E-state index contributed by atoms with van der Waals surface area (Å²) >= 11 is 0. The zero-order valence-electron chi connectivity index (χ0n) is 12.9. The second kappa shape index (κ2) is 7.97. The summed E-state index contributed by atoms with van der Waals surface area (Å²) in [4.78, 5) is 23.3. The predicted octanol–water partition coefficient (Wildman–Crippen LogP) is 3.79. The molecular weight excluding hydrogens is 289 g/mol. The quantitative estimate of drug-likeness (QED) is 0.876. The van der Waals surface area contributed by atoms with E-state index in [2.05, 4.69) is 10.1 Å². The number of halogens is 1. The number of rotatable bonds is 3. The molecule has 1 N–H and O–H groups in total. The third-order valence-corrected chi connectivity index (χ3v) is 2.78. The molecule has 0 saturated heterocycles. The second-order valence-electron chi connectivity index (χ2n) is 4.08. The normalized spacial score (nSPS) is 9.50. The van der Waals surface area contributed by atoms with E-state index in [0.29, 0.717) is 5.56 Å². The van der Waals surface area contributed by atoms with Crippen LogP contribution in [0.5, 0.6) is 0 Å².